The van der Waals surface area contributed by atoms with Crippen molar-refractivity contribution in [3.8, 4) is 0 Å². The molecule has 1 aliphatic heterocycles. The average molecular weight is 256 g/mol. The van der Waals surface area contributed by atoms with Gasteiger partial charge in [0.2, 0.25) is 0 Å². The fourth-order valence-electron chi connectivity index (χ4n) is 1.91. The van der Waals surface area contributed by atoms with Gasteiger partial charge in [-0.1, -0.05) is 18.7 Å². The summed E-state index contributed by atoms with van der Waals surface area (Å²) in [5.74, 6) is 0. The molecule has 0 bridgehead atoms. The minimum Gasteiger partial charge on any atom is -0.440 e. The first kappa shape index (κ1) is 12.9. The molecule has 2 unspecified atom stereocenters. The number of thioether (sulfide) groups is 1. The Balaban J connectivity index is 1.91. The third-order valence-corrected chi connectivity index (χ3v) is 3.97. The van der Waals surface area contributed by atoms with E-state index in [1.54, 1.807) is 18.0 Å². The maximum absolute atomic E-state index is 5.54. The SMILES string of the molecule is CCCNC1CCOCC1Sc1nc(C)co1. The van der Waals surface area contributed by atoms with Crippen LogP contribution < -0.4 is 5.32 Å². The average Bonchev–Trinajstić information content (AvgIpc) is 2.74. The second kappa shape index (κ2) is 6.42. The Morgan fingerprint density at radius 1 is 1.59 bits per heavy atom. The molecule has 1 fully saturated rings. The number of aryl methyl sites for hydroxylation is 1. The Labute approximate surface area is 107 Å². The molecule has 0 spiro atoms. The summed E-state index contributed by atoms with van der Waals surface area (Å²) in [5, 5.41) is 4.73. The van der Waals surface area contributed by atoms with Crippen molar-refractivity contribution < 1.29 is 9.15 Å². The standard InChI is InChI=1S/C12H20N2O2S/c1-3-5-13-10-4-6-15-8-11(10)17-12-14-9(2)7-16-12/h7,10-11,13H,3-6,8H2,1-2H3. The highest BCUT2D eigenvalue weighted by atomic mass is 32.2. The summed E-state index contributed by atoms with van der Waals surface area (Å²) in [6, 6.07) is 0.501. The van der Waals surface area contributed by atoms with Crippen molar-refractivity contribution in [3.05, 3.63) is 12.0 Å². The van der Waals surface area contributed by atoms with Gasteiger partial charge in [0.25, 0.3) is 5.22 Å². The third kappa shape index (κ3) is 3.72. The van der Waals surface area contributed by atoms with Crippen molar-refractivity contribution in [3.63, 3.8) is 0 Å². The normalized spacial score (nSPS) is 25.1. The molecule has 0 aromatic carbocycles. The summed E-state index contributed by atoms with van der Waals surface area (Å²) in [6.45, 7) is 6.81. The van der Waals surface area contributed by atoms with Crippen molar-refractivity contribution in [1.82, 2.24) is 10.3 Å². The molecule has 2 atom stereocenters. The number of oxazole rings is 1. The third-order valence-electron chi connectivity index (χ3n) is 2.81. The van der Waals surface area contributed by atoms with Crippen LogP contribution in [0.1, 0.15) is 25.5 Å². The maximum Gasteiger partial charge on any atom is 0.256 e. The lowest BCUT2D eigenvalue weighted by atomic mass is 10.1. The van der Waals surface area contributed by atoms with Crippen LogP contribution in [0, 0.1) is 6.92 Å². The number of hydrogen-bond acceptors (Lipinski definition) is 5. The summed E-state index contributed by atoms with van der Waals surface area (Å²) in [4.78, 5) is 4.33. The fraction of sp³-hybridized carbons (Fsp3) is 0.750. The molecule has 0 saturated carbocycles. The van der Waals surface area contributed by atoms with Gasteiger partial charge in [0.05, 0.1) is 17.6 Å². The van der Waals surface area contributed by atoms with Gasteiger partial charge in [-0.25, -0.2) is 4.98 Å². The molecule has 96 valence electrons. The second-order valence-electron chi connectivity index (χ2n) is 4.34. The zero-order chi connectivity index (χ0) is 12.1. The van der Waals surface area contributed by atoms with Gasteiger partial charge in [-0.3, -0.25) is 0 Å². The molecular formula is C12H20N2O2S. The first-order valence-electron chi connectivity index (χ1n) is 6.19. The molecule has 1 N–H and O–H groups in total. The Bertz CT molecular complexity index is 343. The Kier molecular flexibility index (Phi) is 4.88. The summed E-state index contributed by atoms with van der Waals surface area (Å²) in [6.07, 6.45) is 3.92. The van der Waals surface area contributed by atoms with Crippen LogP contribution in [0.15, 0.2) is 15.9 Å². The molecule has 17 heavy (non-hydrogen) atoms. The van der Waals surface area contributed by atoms with Crippen LogP contribution in [0.2, 0.25) is 0 Å². The van der Waals surface area contributed by atoms with Crippen molar-refractivity contribution >= 4 is 11.8 Å². The van der Waals surface area contributed by atoms with Crippen LogP contribution in [-0.4, -0.2) is 36.0 Å². The molecule has 2 heterocycles. The van der Waals surface area contributed by atoms with Gasteiger partial charge >= 0.3 is 0 Å². The fourth-order valence-corrected chi connectivity index (χ4v) is 3.03. The number of ether oxygens (including phenoxy) is 1. The van der Waals surface area contributed by atoms with Crippen LogP contribution in [0.5, 0.6) is 0 Å². The van der Waals surface area contributed by atoms with E-state index in [1.165, 1.54) is 0 Å². The topological polar surface area (TPSA) is 47.3 Å². The molecule has 1 saturated heterocycles. The van der Waals surface area contributed by atoms with Gasteiger partial charge < -0.3 is 14.5 Å². The van der Waals surface area contributed by atoms with E-state index in [4.69, 9.17) is 9.15 Å². The first-order chi connectivity index (χ1) is 8.29. The quantitative estimate of drug-likeness (QED) is 0.875. The van der Waals surface area contributed by atoms with E-state index < -0.39 is 0 Å². The lowest BCUT2D eigenvalue weighted by molar-refractivity contribution is 0.0830. The minimum absolute atomic E-state index is 0.397. The first-order valence-corrected chi connectivity index (χ1v) is 7.07. The summed E-state index contributed by atoms with van der Waals surface area (Å²) in [7, 11) is 0. The molecule has 2 rings (SSSR count). The molecule has 1 aliphatic rings. The number of rotatable bonds is 5. The van der Waals surface area contributed by atoms with Crippen LogP contribution in [0.25, 0.3) is 0 Å². The number of hydrogen-bond donors (Lipinski definition) is 1. The zero-order valence-corrected chi connectivity index (χ0v) is 11.3. The maximum atomic E-state index is 5.54. The highest BCUT2D eigenvalue weighted by Gasteiger charge is 2.27. The molecule has 0 radical (unpaired) electrons. The van der Waals surface area contributed by atoms with E-state index >= 15 is 0 Å². The molecule has 0 aliphatic carbocycles. The lowest BCUT2D eigenvalue weighted by Gasteiger charge is -2.30. The number of nitrogens with zero attached hydrogens (tertiary/aromatic N) is 1. The predicted molar refractivity (Wildman–Crippen MR) is 68.4 cm³/mol. The van der Waals surface area contributed by atoms with Crippen molar-refractivity contribution in [1.29, 1.82) is 0 Å². The molecule has 5 heteroatoms. The smallest absolute Gasteiger partial charge is 0.256 e. The molecule has 1 aromatic heterocycles. The van der Waals surface area contributed by atoms with Gasteiger partial charge in [0.15, 0.2) is 0 Å². The van der Waals surface area contributed by atoms with Crippen molar-refractivity contribution in [2.75, 3.05) is 19.8 Å². The van der Waals surface area contributed by atoms with E-state index in [-0.39, 0.29) is 0 Å². The zero-order valence-electron chi connectivity index (χ0n) is 10.4. The van der Waals surface area contributed by atoms with Gasteiger partial charge in [0.1, 0.15) is 6.26 Å². The highest BCUT2D eigenvalue weighted by Crippen LogP contribution is 2.28. The van der Waals surface area contributed by atoms with E-state index in [2.05, 4.69) is 17.2 Å². The van der Waals surface area contributed by atoms with Gasteiger partial charge in [-0.2, -0.15) is 0 Å². The molecule has 4 nitrogen and oxygen atoms in total. The van der Waals surface area contributed by atoms with E-state index in [9.17, 15) is 0 Å². The Morgan fingerprint density at radius 3 is 3.18 bits per heavy atom. The van der Waals surface area contributed by atoms with Crippen LogP contribution in [-0.2, 0) is 4.74 Å². The van der Waals surface area contributed by atoms with Gasteiger partial charge in [0, 0.05) is 12.6 Å². The van der Waals surface area contributed by atoms with Crippen LogP contribution in [0.3, 0.4) is 0 Å². The van der Waals surface area contributed by atoms with Crippen molar-refractivity contribution in [2.24, 2.45) is 0 Å². The highest BCUT2D eigenvalue weighted by molar-refractivity contribution is 7.99. The predicted octanol–water partition coefficient (Wildman–Crippen LogP) is 2.23. The number of nitrogens with one attached hydrogen (secondary N) is 1. The lowest BCUT2D eigenvalue weighted by Crippen LogP contribution is -2.45. The van der Waals surface area contributed by atoms with Crippen LogP contribution >= 0.6 is 11.8 Å². The molecular weight excluding hydrogens is 236 g/mol. The van der Waals surface area contributed by atoms with Crippen molar-refractivity contribution in [2.45, 2.75) is 43.2 Å². The molecule has 0 amide bonds. The second-order valence-corrected chi connectivity index (χ2v) is 5.53. The van der Waals surface area contributed by atoms with E-state index in [1.807, 2.05) is 6.92 Å². The minimum atomic E-state index is 0.397. The Hall–Kier alpha value is -0.520. The summed E-state index contributed by atoms with van der Waals surface area (Å²) >= 11 is 1.68. The molecule has 1 aromatic rings. The van der Waals surface area contributed by atoms with E-state index in [0.29, 0.717) is 11.3 Å². The Morgan fingerprint density at radius 2 is 2.47 bits per heavy atom. The van der Waals surface area contributed by atoms with E-state index in [0.717, 1.165) is 43.5 Å². The largest absolute Gasteiger partial charge is 0.440 e. The monoisotopic (exact) mass is 256 g/mol. The number of aromatic nitrogens is 1. The summed E-state index contributed by atoms with van der Waals surface area (Å²) < 4.78 is 10.9. The van der Waals surface area contributed by atoms with Gasteiger partial charge in [-0.15, -0.1) is 0 Å². The van der Waals surface area contributed by atoms with Crippen LogP contribution in [0.4, 0.5) is 0 Å². The van der Waals surface area contributed by atoms with Gasteiger partial charge in [-0.05, 0) is 26.3 Å². The summed E-state index contributed by atoms with van der Waals surface area (Å²) in [5.41, 5.74) is 0.933.